The lowest BCUT2D eigenvalue weighted by Crippen LogP contribution is -2.26. The van der Waals surface area contributed by atoms with E-state index in [4.69, 9.17) is 9.15 Å². The molecule has 31 heavy (non-hydrogen) atoms. The lowest BCUT2D eigenvalue weighted by molar-refractivity contribution is -0.384. The molecule has 2 aromatic heterocycles. The number of pyridine rings is 1. The normalized spacial score (nSPS) is 12.4. The first-order valence-electron chi connectivity index (χ1n) is 8.60. The van der Waals surface area contributed by atoms with Crippen molar-refractivity contribution in [3.63, 3.8) is 0 Å². The summed E-state index contributed by atoms with van der Waals surface area (Å²) in [4.78, 5) is 33.9. The van der Waals surface area contributed by atoms with Crippen molar-refractivity contribution in [1.29, 1.82) is 0 Å². The molecule has 0 N–H and O–H groups in total. The number of carbonyl (C=O) groups excluding carboxylic acids is 1. The maximum Gasteiger partial charge on any atom is 0.417 e. The molecule has 162 valence electrons. The molecule has 1 unspecified atom stereocenters. The fourth-order valence-corrected chi connectivity index (χ4v) is 2.49. The van der Waals surface area contributed by atoms with Gasteiger partial charge in [0.05, 0.1) is 10.5 Å². The summed E-state index contributed by atoms with van der Waals surface area (Å²) in [6.07, 6.45) is -5.22. The molecule has 0 bridgehead atoms. The smallest absolute Gasteiger partial charge is 0.417 e. The van der Waals surface area contributed by atoms with Crippen molar-refractivity contribution in [3.05, 3.63) is 74.5 Å². The molecule has 0 radical (unpaired) electrons. The molecule has 1 aromatic carbocycles. The summed E-state index contributed by atoms with van der Waals surface area (Å²) in [7, 11) is 0. The van der Waals surface area contributed by atoms with Crippen LogP contribution in [-0.2, 0) is 22.3 Å². The predicted octanol–water partition coefficient (Wildman–Crippen LogP) is 3.13. The first-order chi connectivity index (χ1) is 14.5. The Labute approximate surface area is 171 Å². The highest BCUT2D eigenvalue weighted by atomic mass is 19.4. The van der Waals surface area contributed by atoms with E-state index in [1.54, 1.807) is 0 Å². The van der Waals surface area contributed by atoms with Gasteiger partial charge in [-0.25, -0.2) is 0 Å². The summed E-state index contributed by atoms with van der Waals surface area (Å²) in [5.74, 6) is -1.09. The van der Waals surface area contributed by atoms with Crippen molar-refractivity contribution in [3.8, 4) is 11.5 Å². The van der Waals surface area contributed by atoms with Crippen LogP contribution in [0, 0.1) is 10.1 Å². The lowest BCUT2D eigenvalue weighted by atomic mass is 10.2. The SMILES string of the molecule is CC(OC(=O)Cn1cc(C(F)(F)F)ccc1=O)c1nnc(-c2ccc([N+](=O)[O-])cc2)o1. The number of nitro benzene ring substituents is 1. The van der Waals surface area contributed by atoms with E-state index in [0.717, 1.165) is 0 Å². The van der Waals surface area contributed by atoms with Crippen LogP contribution in [0.15, 0.2) is 51.8 Å². The zero-order valence-corrected chi connectivity index (χ0v) is 15.7. The third kappa shape index (κ3) is 5.12. The molecule has 0 fully saturated rings. The highest BCUT2D eigenvalue weighted by molar-refractivity contribution is 5.69. The van der Waals surface area contributed by atoms with Crippen LogP contribution in [0.3, 0.4) is 0 Å². The van der Waals surface area contributed by atoms with Gasteiger partial charge in [0.25, 0.3) is 17.1 Å². The van der Waals surface area contributed by atoms with Gasteiger partial charge >= 0.3 is 12.1 Å². The fraction of sp³-hybridized carbons (Fsp3) is 0.222. The number of non-ortho nitro benzene ring substituents is 1. The number of nitro groups is 1. The second-order valence-electron chi connectivity index (χ2n) is 6.26. The summed E-state index contributed by atoms with van der Waals surface area (Å²) in [6.45, 7) is 0.635. The number of nitrogens with zero attached hydrogens (tertiary/aromatic N) is 4. The summed E-state index contributed by atoms with van der Waals surface area (Å²) < 4.78 is 49.4. The summed E-state index contributed by atoms with van der Waals surface area (Å²) >= 11 is 0. The van der Waals surface area contributed by atoms with Crippen LogP contribution in [0.5, 0.6) is 0 Å². The van der Waals surface area contributed by atoms with E-state index in [1.165, 1.54) is 31.2 Å². The van der Waals surface area contributed by atoms with Gasteiger partial charge in [-0.15, -0.1) is 10.2 Å². The highest BCUT2D eigenvalue weighted by Crippen LogP contribution is 2.28. The molecule has 1 atom stereocenters. The topological polar surface area (TPSA) is 130 Å². The Morgan fingerprint density at radius 1 is 1.23 bits per heavy atom. The van der Waals surface area contributed by atoms with Crippen molar-refractivity contribution in [2.45, 2.75) is 25.7 Å². The van der Waals surface area contributed by atoms with Crippen LogP contribution < -0.4 is 5.56 Å². The van der Waals surface area contributed by atoms with E-state index in [1.807, 2.05) is 0 Å². The zero-order chi connectivity index (χ0) is 22.8. The van der Waals surface area contributed by atoms with Crippen molar-refractivity contribution < 1.29 is 32.0 Å². The van der Waals surface area contributed by atoms with Crippen LogP contribution in [0.2, 0.25) is 0 Å². The molecule has 13 heteroatoms. The molecule has 2 heterocycles. The van der Waals surface area contributed by atoms with Crippen LogP contribution in [-0.4, -0.2) is 25.7 Å². The molecule has 0 aliphatic carbocycles. The number of benzene rings is 1. The van der Waals surface area contributed by atoms with Crippen molar-refractivity contribution in [1.82, 2.24) is 14.8 Å². The standard InChI is InChI=1S/C18H13F3N4O6/c1-10(16-22-23-17(31-16)11-2-5-13(6-3-11)25(28)29)30-15(27)9-24-8-12(18(19,20)21)4-7-14(24)26/h2-8,10H,9H2,1H3. The second-order valence-corrected chi connectivity index (χ2v) is 6.26. The third-order valence-electron chi connectivity index (χ3n) is 4.03. The molecule has 3 aromatic rings. The molecule has 3 rings (SSSR count). The minimum absolute atomic E-state index is 0.0156. The molecule has 0 amide bonds. The second kappa shape index (κ2) is 8.38. The molecule has 0 saturated carbocycles. The maximum atomic E-state index is 12.8. The Kier molecular flexibility index (Phi) is 5.86. The van der Waals surface area contributed by atoms with Crippen molar-refractivity contribution in [2.24, 2.45) is 0 Å². The Hall–Kier alpha value is -4.03. The van der Waals surface area contributed by atoms with E-state index in [2.05, 4.69) is 10.2 Å². The largest absolute Gasteiger partial charge is 0.451 e. The number of alkyl halides is 3. The Morgan fingerprint density at radius 3 is 2.52 bits per heavy atom. The fourth-order valence-electron chi connectivity index (χ4n) is 2.49. The minimum atomic E-state index is -4.68. The number of halogens is 3. The average Bonchev–Trinajstić information content (AvgIpc) is 3.19. The van der Waals surface area contributed by atoms with E-state index >= 15 is 0 Å². The van der Waals surface area contributed by atoms with Crippen LogP contribution >= 0.6 is 0 Å². The van der Waals surface area contributed by atoms with Crippen LogP contribution in [0.25, 0.3) is 11.5 Å². The van der Waals surface area contributed by atoms with E-state index < -0.39 is 40.8 Å². The summed E-state index contributed by atoms with van der Waals surface area (Å²) in [6, 6.07) is 6.60. The Balaban J connectivity index is 1.68. The summed E-state index contributed by atoms with van der Waals surface area (Å²) in [5, 5.41) is 18.2. The number of rotatable bonds is 6. The third-order valence-corrected chi connectivity index (χ3v) is 4.03. The average molecular weight is 438 g/mol. The summed E-state index contributed by atoms with van der Waals surface area (Å²) in [5.41, 5.74) is -1.64. The zero-order valence-electron chi connectivity index (χ0n) is 15.7. The van der Waals surface area contributed by atoms with Gasteiger partial charge in [0.1, 0.15) is 6.54 Å². The van der Waals surface area contributed by atoms with Gasteiger partial charge in [-0.2, -0.15) is 13.2 Å². The lowest BCUT2D eigenvalue weighted by Gasteiger charge is -2.12. The van der Waals surface area contributed by atoms with Crippen LogP contribution in [0.1, 0.15) is 24.5 Å². The minimum Gasteiger partial charge on any atom is -0.451 e. The predicted molar refractivity (Wildman–Crippen MR) is 96.6 cm³/mol. The quantitative estimate of drug-likeness (QED) is 0.326. The van der Waals surface area contributed by atoms with Gasteiger partial charge in [0.2, 0.25) is 5.89 Å². The number of ether oxygens (including phenoxy) is 1. The number of hydrogen-bond donors (Lipinski definition) is 0. The number of carbonyl (C=O) groups is 1. The molecule has 0 spiro atoms. The number of hydrogen-bond acceptors (Lipinski definition) is 8. The van der Waals surface area contributed by atoms with Gasteiger partial charge in [0.15, 0.2) is 6.10 Å². The highest BCUT2D eigenvalue weighted by Gasteiger charge is 2.31. The number of esters is 1. The molecule has 10 nitrogen and oxygen atoms in total. The Bertz CT molecular complexity index is 1170. The number of aromatic nitrogens is 3. The van der Waals surface area contributed by atoms with Gasteiger partial charge in [0, 0.05) is 30.0 Å². The molecule has 0 saturated heterocycles. The van der Waals surface area contributed by atoms with Gasteiger partial charge in [-0.3, -0.25) is 19.7 Å². The van der Waals surface area contributed by atoms with Crippen LogP contribution in [0.4, 0.5) is 18.9 Å². The van der Waals surface area contributed by atoms with Crippen molar-refractivity contribution in [2.75, 3.05) is 0 Å². The first kappa shape index (κ1) is 21.7. The maximum absolute atomic E-state index is 12.8. The van der Waals surface area contributed by atoms with Gasteiger partial charge in [-0.05, 0) is 25.1 Å². The van der Waals surface area contributed by atoms with E-state index in [9.17, 15) is 32.9 Å². The van der Waals surface area contributed by atoms with Crippen molar-refractivity contribution >= 4 is 11.7 Å². The molecule has 0 aliphatic heterocycles. The monoisotopic (exact) mass is 438 g/mol. The molecular weight excluding hydrogens is 425 g/mol. The Morgan fingerprint density at radius 2 is 1.90 bits per heavy atom. The van der Waals surface area contributed by atoms with Gasteiger partial charge < -0.3 is 13.7 Å². The first-order valence-corrected chi connectivity index (χ1v) is 8.60. The van der Waals surface area contributed by atoms with Gasteiger partial charge in [-0.1, -0.05) is 0 Å². The van der Waals surface area contributed by atoms with E-state index in [-0.39, 0.29) is 17.5 Å². The molecular formula is C18H13F3N4O6. The van der Waals surface area contributed by atoms with E-state index in [0.29, 0.717) is 28.5 Å². The molecule has 0 aliphatic rings.